The Kier molecular flexibility index (Phi) is 6.54. The van der Waals surface area contributed by atoms with Gasteiger partial charge in [0.1, 0.15) is 5.39 Å². The quantitative estimate of drug-likeness (QED) is 0.570. The molecular weight excluding hydrogens is 358 g/mol. The fraction of sp³-hybridized carbons (Fsp3) is 0.400. The monoisotopic (exact) mass is 383 g/mol. The second-order valence-corrected chi connectivity index (χ2v) is 6.75. The molecular formula is C20H25N5O3. The van der Waals surface area contributed by atoms with Crippen LogP contribution in [0, 0.1) is 0 Å². The number of carbonyl (C=O) groups excluding carboxylic acids is 1. The molecule has 0 radical (unpaired) electrons. The van der Waals surface area contributed by atoms with E-state index in [1.807, 2.05) is 44.2 Å². The topological polar surface area (TPSA) is 91.0 Å². The standard InChI is InChI=1S/C20H25N5O3/c1-15(2)28-12-6-10-21-18(26)9-11-24-14-22-19-17(20(24)27)13-23-25(19)16-7-4-3-5-8-16/h3-5,7-8,13-15H,6,9-12H2,1-2H3,(H,21,26). The minimum atomic E-state index is -0.203. The van der Waals surface area contributed by atoms with Crippen LogP contribution in [-0.4, -0.2) is 44.5 Å². The maximum Gasteiger partial charge on any atom is 0.264 e. The van der Waals surface area contributed by atoms with Crippen molar-refractivity contribution in [3.05, 3.63) is 53.2 Å². The molecule has 2 aromatic heterocycles. The first-order chi connectivity index (χ1) is 13.6. The molecule has 1 N–H and O–H groups in total. The van der Waals surface area contributed by atoms with E-state index in [4.69, 9.17) is 4.74 Å². The van der Waals surface area contributed by atoms with Crippen LogP contribution in [0.15, 0.2) is 47.7 Å². The second-order valence-electron chi connectivity index (χ2n) is 6.75. The van der Waals surface area contributed by atoms with Crippen LogP contribution in [0.3, 0.4) is 0 Å². The number of ether oxygens (including phenoxy) is 1. The molecule has 0 saturated carbocycles. The van der Waals surface area contributed by atoms with Crippen molar-refractivity contribution in [2.45, 2.75) is 39.3 Å². The molecule has 8 heteroatoms. The first-order valence-corrected chi connectivity index (χ1v) is 9.43. The number of rotatable bonds is 9. The molecule has 1 aromatic carbocycles. The molecule has 0 saturated heterocycles. The van der Waals surface area contributed by atoms with Crippen LogP contribution in [0.5, 0.6) is 0 Å². The molecule has 3 rings (SSSR count). The summed E-state index contributed by atoms with van der Waals surface area (Å²) in [6.07, 6.45) is 4.15. The van der Waals surface area contributed by atoms with Crippen molar-refractivity contribution in [3.8, 4) is 5.69 Å². The summed E-state index contributed by atoms with van der Waals surface area (Å²) in [5, 5.41) is 7.55. The summed E-state index contributed by atoms with van der Waals surface area (Å²) in [5.41, 5.74) is 1.13. The Bertz CT molecular complexity index is 978. The van der Waals surface area contributed by atoms with Crippen molar-refractivity contribution in [1.82, 2.24) is 24.6 Å². The van der Waals surface area contributed by atoms with Gasteiger partial charge in [0.15, 0.2) is 5.65 Å². The van der Waals surface area contributed by atoms with E-state index in [-0.39, 0.29) is 30.5 Å². The van der Waals surface area contributed by atoms with E-state index in [9.17, 15) is 9.59 Å². The number of carbonyl (C=O) groups is 1. The number of fused-ring (bicyclic) bond motifs is 1. The number of aromatic nitrogens is 4. The van der Waals surface area contributed by atoms with E-state index in [1.165, 1.54) is 17.1 Å². The van der Waals surface area contributed by atoms with Crippen molar-refractivity contribution < 1.29 is 9.53 Å². The van der Waals surface area contributed by atoms with Crippen LogP contribution in [0.1, 0.15) is 26.7 Å². The Morgan fingerprint density at radius 2 is 2.04 bits per heavy atom. The molecule has 3 aromatic rings. The number of aryl methyl sites for hydroxylation is 1. The number of amides is 1. The van der Waals surface area contributed by atoms with Gasteiger partial charge < -0.3 is 10.1 Å². The van der Waals surface area contributed by atoms with Gasteiger partial charge in [0, 0.05) is 26.1 Å². The van der Waals surface area contributed by atoms with Crippen molar-refractivity contribution in [1.29, 1.82) is 0 Å². The number of nitrogens with one attached hydrogen (secondary N) is 1. The molecule has 0 aliphatic carbocycles. The highest BCUT2D eigenvalue weighted by Crippen LogP contribution is 2.12. The third-order valence-electron chi connectivity index (χ3n) is 4.23. The highest BCUT2D eigenvalue weighted by molar-refractivity contribution is 5.76. The molecule has 0 unspecified atom stereocenters. The Morgan fingerprint density at radius 1 is 1.25 bits per heavy atom. The van der Waals surface area contributed by atoms with Crippen molar-refractivity contribution in [2.75, 3.05) is 13.2 Å². The van der Waals surface area contributed by atoms with Crippen molar-refractivity contribution >= 4 is 16.9 Å². The van der Waals surface area contributed by atoms with E-state index in [2.05, 4.69) is 15.4 Å². The third-order valence-corrected chi connectivity index (χ3v) is 4.23. The summed E-state index contributed by atoms with van der Waals surface area (Å²) in [6.45, 7) is 5.40. The van der Waals surface area contributed by atoms with E-state index in [1.54, 1.807) is 4.68 Å². The fourth-order valence-corrected chi connectivity index (χ4v) is 2.80. The lowest BCUT2D eigenvalue weighted by Gasteiger charge is -2.09. The third kappa shape index (κ3) is 4.83. The molecule has 1 amide bonds. The summed E-state index contributed by atoms with van der Waals surface area (Å²) in [4.78, 5) is 29.0. The maximum atomic E-state index is 12.7. The van der Waals surface area contributed by atoms with Gasteiger partial charge in [-0.25, -0.2) is 9.67 Å². The largest absolute Gasteiger partial charge is 0.379 e. The maximum absolute atomic E-state index is 12.7. The van der Waals surface area contributed by atoms with Gasteiger partial charge in [0.2, 0.25) is 5.91 Å². The molecule has 0 aliphatic rings. The van der Waals surface area contributed by atoms with Gasteiger partial charge in [-0.05, 0) is 32.4 Å². The van der Waals surface area contributed by atoms with Gasteiger partial charge in [-0.2, -0.15) is 5.10 Å². The molecule has 0 fully saturated rings. The van der Waals surface area contributed by atoms with Crippen molar-refractivity contribution in [3.63, 3.8) is 0 Å². The van der Waals surface area contributed by atoms with Gasteiger partial charge in [0.25, 0.3) is 5.56 Å². The molecule has 0 aliphatic heterocycles. The molecule has 2 heterocycles. The van der Waals surface area contributed by atoms with Gasteiger partial charge in [-0.1, -0.05) is 18.2 Å². The van der Waals surface area contributed by atoms with Gasteiger partial charge >= 0.3 is 0 Å². The van der Waals surface area contributed by atoms with Gasteiger partial charge in [0.05, 0.1) is 24.3 Å². The predicted molar refractivity (Wildman–Crippen MR) is 106 cm³/mol. The van der Waals surface area contributed by atoms with Crippen LogP contribution in [-0.2, 0) is 16.1 Å². The first kappa shape index (κ1) is 19.8. The molecule has 28 heavy (non-hydrogen) atoms. The van der Waals surface area contributed by atoms with Crippen LogP contribution in [0.4, 0.5) is 0 Å². The second kappa shape index (κ2) is 9.27. The Balaban J connectivity index is 1.60. The molecule has 0 atom stereocenters. The minimum absolute atomic E-state index is 0.100. The number of nitrogens with zero attached hydrogens (tertiary/aromatic N) is 4. The molecule has 0 spiro atoms. The van der Waals surface area contributed by atoms with Crippen LogP contribution in [0.25, 0.3) is 16.7 Å². The number of hydrogen-bond donors (Lipinski definition) is 1. The zero-order chi connectivity index (χ0) is 19.9. The minimum Gasteiger partial charge on any atom is -0.379 e. The smallest absolute Gasteiger partial charge is 0.264 e. The molecule has 0 bridgehead atoms. The first-order valence-electron chi connectivity index (χ1n) is 9.43. The summed E-state index contributed by atoms with van der Waals surface area (Å²) >= 11 is 0. The Hall–Kier alpha value is -3.00. The number of hydrogen-bond acceptors (Lipinski definition) is 5. The highest BCUT2D eigenvalue weighted by Gasteiger charge is 2.12. The van der Waals surface area contributed by atoms with Crippen LogP contribution >= 0.6 is 0 Å². The van der Waals surface area contributed by atoms with Gasteiger partial charge in [-0.3, -0.25) is 14.2 Å². The molecule has 148 valence electrons. The van der Waals surface area contributed by atoms with Gasteiger partial charge in [-0.15, -0.1) is 0 Å². The highest BCUT2D eigenvalue weighted by atomic mass is 16.5. The zero-order valence-electron chi connectivity index (χ0n) is 16.2. The average molecular weight is 383 g/mol. The summed E-state index contributed by atoms with van der Waals surface area (Å²) < 4.78 is 8.51. The lowest BCUT2D eigenvalue weighted by atomic mass is 10.3. The summed E-state index contributed by atoms with van der Waals surface area (Å²) in [6, 6.07) is 9.51. The van der Waals surface area contributed by atoms with Crippen LogP contribution < -0.4 is 10.9 Å². The Labute approximate surface area is 163 Å². The summed E-state index contributed by atoms with van der Waals surface area (Å²) in [7, 11) is 0. The summed E-state index contributed by atoms with van der Waals surface area (Å²) in [5.74, 6) is -0.100. The van der Waals surface area contributed by atoms with Crippen LogP contribution in [0.2, 0.25) is 0 Å². The van der Waals surface area contributed by atoms with E-state index >= 15 is 0 Å². The normalized spacial score (nSPS) is 11.2. The number of para-hydroxylation sites is 1. The zero-order valence-corrected chi connectivity index (χ0v) is 16.2. The predicted octanol–water partition coefficient (Wildman–Crippen LogP) is 1.90. The van der Waals surface area contributed by atoms with E-state index < -0.39 is 0 Å². The lowest BCUT2D eigenvalue weighted by Crippen LogP contribution is -2.28. The lowest BCUT2D eigenvalue weighted by molar-refractivity contribution is -0.121. The average Bonchev–Trinajstić information content (AvgIpc) is 3.12. The fourth-order valence-electron chi connectivity index (χ4n) is 2.80. The van der Waals surface area contributed by atoms with E-state index in [0.29, 0.717) is 24.2 Å². The molecule has 8 nitrogen and oxygen atoms in total. The number of benzene rings is 1. The SMILES string of the molecule is CC(C)OCCCNC(=O)CCn1cnc2c(cnn2-c2ccccc2)c1=O. The Morgan fingerprint density at radius 3 is 2.79 bits per heavy atom. The van der Waals surface area contributed by atoms with E-state index in [0.717, 1.165) is 12.1 Å². The van der Waals surface area contributed by atoms with Crippen molar-refractivity contribution in [2.24, 2.45) is 0 Å².